The van der Waals surface area contributed by atoms with Crippen LogP contribution in [0.1, 0.15) is 24.2 Å². The van der Waals surface area contributed by atoms with Gasteiger partial charge in [-0.2, -0.15) is 5.26 Å². The largest absolute Gasteiger partial charge is 0.496 e. The molecule has 5 heteroatoms. The lowest BCUT2D eigenvalue weighted by Gasteiger charge is -2.24. The Morgan fingerprint density at radius 2 is 2.22 bits per heavy atom. The monoisotopic (exact) mass is 310 g/mol. The smallest absolute Gasteiger partial charge is 0.258 e. The fourth-order valence-corrected chi connectivity index (χ4v) is 1.93. The first-order valence-electron chi connectivity index (χ1n) is 5.52. The minimum Gasteiger partial charge on any atom is -0.496 e. The van der Waals surface area contributed by atoms with Gasteiger partial charge in [-0.1, -0.05) is 15.9 Å². The van der Waals surface area contributed by atoms with Crippen LogP contribution in [0.5, 0.6) is 5.75 Å². The Balaban J connectivity index is 3.16. The second kappa shape index (κ2) is 6.41. The number of hydrogen-bond acceptors (Lipinski definition) is 3. The maximum atomic E-state index is 12.4. The summed E-state index contributed by atoms with van der Waals surface area (Å²) in [6, 6.07) is 7.20. The molecule has 1 amide bonds. The Morgan fingerprint density at radius 3 is 2.72 bits per heavy atom. The van der Waals surface area contributed by atoms with E-state index in [0.29, 0.717) is 11.3 Å². The number of amides is 1. The molecule has 0 aliphatic heterocycles. The summed E-state index contributed by atoms with van der Waals surface area (Å²) >= 11 is 3.33. The van der Waals surface area contributed by atoms with Gasteiger partial charge < -0.3 is 9.64 Å². The highest BCUT2D eigenvalue weighted by molar-refractivity contribution is 9.10. The fourth-order valence-electron chi connectivity index (χ4n) is 1.57. The highest BCUT2D eigenvalue weighted by Crippen LogP contribution is 2.24. The maximum absolute atomic E-state index is 12.4. The van der Waals surface area contributed by atoms with Crippen LogP contribution >= 0.6 is 15.9 Å². The van der Waals surface area contributed by atoms with Crippen LogP contribution in [0.4, 0.5) is 0 Å². The predicted molar refractivity (Wildman–Crippen MR) is 72.5 cm³/mol. The summed E-state index contributed by atoms with van der Waals surface area (Å²) < 4.78 is 5.98. The number of nitriles is 1. The van der Waals surface area contributed by atoms with Crippen LogP contribution in [0, 0.1) is 11.3 Å². The molecule has 1 aromatic carbocycles. The average molecular weight is 311 g/mol. The fraction of sp³-hybridized carbons (Fsp3) is 0.385. The standard InChI is InChI=1S/C13H15BrN2O2/c1-9(2)16(7-6-15)13(17)11-8-10(14)4-5-12(11)18-3/h4-5,8-9H,7H2,1-3H3. The van der Waals surface area contributed by atoms with Gasteiger partial charge in [0, 0.05) is 10.5 Å². The molecule has 0 saturated carbocycles. The summed E-state index contributed by atoms with van der Waals surface area (Å²) in [4.78, 5) is 13.9. The number of ether oxygens (including phenoxy) is 1. The van der Waals surface area contributed by atoms with Gasteiger partial charge in [-0.3, -0.25) is 4.79 Å². The van der Waals surface area contributed by atoms with Gasteiger partial charge in [0.2, 0.25) is 0 Å². The quantitative estimate of drug-likeness (QED) is 0.804. The lowest BCUT2D eigenvalue weighted by Crippen LogP contribution is -2.37. The summed E-state index contributed by atoms with van der Waals surface area (Å²) in [5, 5.41) is 8.78. The Hall–Kier alpha value is -1.54. The van der Waals surface area contributed by atoms with Crippen molar-refractivity contribution in [1.82, 2.24) is 4.90 Å². The number of rotatable bonds is 4. The molecule has 0 atom stereocenters. The second-order valence-electron chi connectivity index (χ2n) is 4.03. The Morgan fingerprint density at radius 1 is 1.56 bits per heavy atom. The molecule has 1 rings (SSSR count). The first kappa shape index (κ1) is 14.5. The number of benzene rings is 1. The van der Waals surface area contributed by atoms with E-state index in [1.54, 1.807) is 18.2 Å². The molecule has 0 aliphatic carbocycles. The molecule has 96 valence electrons. The third kappa shape index (κ3) is 3.23. The van der Waals surface area contributed by atoms with E-state index >= 15 is 0 Å². The van der Waals surface area contributed by atoms with Crippen LogP contribution in [0.15, 0.2) is 22.7 Å². The molecule has 0 unspecified atom stereocenters. The van der Waals surface area contributed by atoms with Crippen molar-refractivity contribution in [2.75, 3.05) is 13.7 Å². The lowest BCUT2D eigenvalue weighted by atomic mass is 10.1. The van der Waals surface area contributed by atoms with Crippen LogP contribution in [0.25, 0.3) is 0 Å². The molecule has 0 saturated heterocycles. The van der Waals surface area contributed by atoms with Crippen molar-refractivity contribution in [3.05, 3.63) is 28.2 Å². The molecular weight excluding hydrogens is 296 g/mol. The normalized spacial score (nSPS) is 10.0. The van der Waals surface area contributed by atoms with Crippen LogP contribution in [0.3, 0.4) is 0 Å². The number of hydrogen-bond donors (Lipinski definition) is 0. The van der Waals surface area contributed by atoms with Crippen molar-refractivity contribution in [2.24, 2.45) is 0 Å². The van der Waals surface area contributed by atoms with Gasteiger partial charge in [0.15, 0.2) is 0 Å². The molecule has 0 spiro atoms. The van der Waals surface area contributed by atoms with E-state index in [-0.39, 0.29) is 18.5 Å². The van der Waals surface area contributed by atoms with Crippen molar-refractivity contribution in [2.45, 2.75) is 19.9 Å². The van der Waals surface area contributed by atoms with Gasteiger partial charge in [-0.15, -0.1) is 0 Å². The molecular formula is C13H15BrN2O2. The SMILES string of the molecule is COc1ccc(Br)cc1C(=O)N(CC#N)C(C)C. The van der Waals surface area contributed by atoms with E-state index in [1.807, 2.05) is 19.9 Å². The highest BCUT2D eigenvalue weighted by atomic mass is 79.9. The van der Waals surface area contributed by atoms with E-state index in [4.69, 9.17) is 10.00 Å². The second-order valence-corrected chi connectivity index (χ2v) is 4.95. The zero-order valence-corrected chi connectivity index (χ0v) is 12.2. The van der Waals surface area contributed by atoms with Crippen molar-refractivity contribution in [3.63, 3.8) is 0 Å². The topological polar surface area (TPSA) is 53.3 Å². The number of halogens is 1. The average Bonchev–Trinajstić information content (AvgIpc) is 2.34. The molecule has 0 aliphatic rings. The van der Waals surface area contributed by atoms with E-state index in [2.05, 4.69) is 15.9 Å². The van der Waals surface area contributed by atoms with Crippen molar-refractivity contribution in [3.8, 4) is 11.8 Å². The van der Waals surface area contributed by atoms with Gasteiger partial charge in [0.25, 0.3) is 5.91 Å². The van der Waals surface area contributed by atoms with Crippen LogP contribution in [0.2, 0.25) is 0 Å². The number of nitrogens with zero attached hydrogens (tertiary/aromatic N) is 2. The molecule has 0 N–H and O–H groups in total. The molecule has 0 fully saturated rings. The van der Waals surface area contributed by atoms with E-state index in [1.165, 1.54) is 12.0 Å². The zero-order valence-electron chi connectivity index (χ0n) is 10.6. The summed E-state index contributed by atoms with van der Waals surface area (Å²) in [5.41, 5.74) is 0.454. The molecule has 1 aromatic rings. The van der Waals surface area contributed by atoms with Gasteiger partial charge in [0.05, 0.1) is 18.7 Å². The minimum absolute atomic E-state index is 0.0409. The van der Waals surface area contributed by atoms with Gasteiger partial charge in [-0.25, -0.2) is 0 Å². The Labute approximate surface area is 115 Å². The predicted octanol–water partition coefficient (Wildman–Crippen LogP) is 2.83. The summed E-state index contributed by atoms with van der Waals surface area (Å²) in [5.74, 6) is 0.302. The van der Waals surface area contributed by atoms with Gasteiger partial charge in [0.1, 0.15) is 12.3 Å². The van der Waals surface area contributed by atoms with E-state index in [0.717, 1.165) is 4.47 Å². The molecule has 0 radical (unpaired) electrons. The third-order valence-electron chi connectivity index (χ3n) is 2.52. The number of carbonyl (C=O) groups excluding carboxylic acids is 1. The molecule has 0 bridgehead atoms. The van der Waals surface area contributed by atoms with Crippen molar-refractivity contribution in [1.29, 1.82) is 5.26 Å². The van der Waals surface area contributed by atoms with Crippen LogP contribution < -0.4 is 4.74 Å². The van der Waals surface area contributed by atoms with Crippen LogP contribution in [-0.4, -0.2) is 30.5 Å². The zero-order chi connectivity index (χ0) is 13.7. The first-order valence-corrected chi connectivity index (χ1v) is 6.32. The highest BCUT2D eigenvalue weighted by Gasteiger charge is 2.21. The third-order valence-corrected chi connectivity index (χ3v) is 3.01. The number of methoxy groups -OCH3 is 1. The van der Waals surface area contributed by atoms with E-state index in [9.17, 15) is 4.79 Å². The van der Waals surface area contributed by atoms with Crippen molar-refractivity contribution < 1.29 is 9.53 Å². The first-order chi connectivity index (χ1) is 8.51. The van der Waals surface area contributed by atoms with Crippen molar-refractivity contribution >= 4 is 21.8 Å². The maximum Gasteiger partial charge on any atom is 0.258 e. The van der Waals surface area contributed by atoms with Gasteiger partial charge >= 0.3 is 0 Å². The molecule has 4 nitrogen and oxygen atoms in total. The minimum atomic E-state index is -0.204. The van der Waals surface area contributed by atoms with Gasteiger partial charge in [-0.05, 0) is 32.0 Å². The Bertz CT molecular complexity index is 480. The molecule has 0 heterocycles. The summed E-state index contributed by atoms with van der Waals surface area (Å²) in [6.45, 7) is 3.81. The van der Waals surface area contributed by atoms with Crippen LogP contribution in [-0.2, 0) is 0 Å². The molecule has 0 aromatic heterocycles. The number of carbonyl (C=O) groups is 1. The van der Waals surface area contributed by atoms with E-state index < -0.39 is 0 Å². The summed E-state index contributed by atoms with van der Waals surface area (Å²) in [7, 11) is 1.52. The molecule has 18 heavy (non-hydrogen) atoms. The summed E-state index contributed by atoms with van der Waals surface area (Å²) in [6.07, 6.45) is 0. The Kier molecular flexibility index (Phi) is 5.17. The lowest BCUT2D eigenvalue weighted by molar-refractivity contribution is 0.0728.